The molecule has 96 valence electrons. The molecular formula is C14H16O4. The average Bonchev–Trinajstić information content (AvgIpc) is 2.42. The molecule has 4 heteroatoms. The van der Waals surface area contributed by atoms with Gasteiger partial charge < -0.3 is 19.7 Å². The van der Waals surface area contributed by atoms with Gasteiger partial charge in [0.05, 0.1) is 13.2 Å². The first kappa shape index (κ1) is 12.7. The Labute approximate surface area is 105 Å². The largest absolute Gasteiger partial charge is 0.491 e. The third-order valence-electron chi connectivity index (χ3n) is 2.51. The Kier molecular flexibility index (Phi) is 4.39. The van der Waals surface area contributed by atoms with Gasteiger partial charge in [-0.15, -0.1) is 0 Å². The van der Waals surface area contributed by atoms with Crippen LogP contribution >= 0.6 is 0 Å². The zero-order valence-electron chi connectivity index (χ0n) is 10.0. The number of hydrogen-bond acceptors (Lipinski definition) is 4. The molecule has 0 unspecified atom stereocenters. The first-order valence-electron chi connectivity index (χ1n) is 5.85. The maximum Gasteiger partial charge on any atom is 0.130 e. The summed E-state index contributed by atoms with van der Waals surface area (Å²) in [5.74, 6) is 1.32. The van der Waals surface area contributed by atoms with Crippen LogP contribution in [0.1, 0.15) is 0 Å². The second-order valence-corrected chi connectivity index (χ2v) is 3.79. The highest BCUT2D eigenvalue weighted by Gasteiger charge is 2.05. The Morgan fingerprint density at radius 3 is 2.39 bits per heavy atom. The molecule has 0 heterocycles. The second-order valence-electron chi connectivity index (χ2n) is 3.79. The van der Waals surface area contributed by atoms with E-state index < -0.39 is 0 Å². The third kappa shape index (κ3) is 2.91. The second kappa shape index (κ2) is 6.23. The summed E-state index contributed by atoms with van der Waals surface area (Å²) < 4.78 is 10.9. The van der Waals surface area contributed by atoms with E-state index in [2.05, 4.69) is 0 Å². The zero-order valence-corrected chi connectivity index (χ0v) is 10.0. The van der Waals surface area contributed by atoms with Gasteiger partial charge in [-0.3, -0.25) is 0 Å². The lowest BCUT2D eigenvalue weighted by atomic mass is 10.1. The molecule has 0 spiro atoms. The van der Waals surface area contributed by atoms with E-state index in [0.29, 0.717) is 11.5 Å². The number of aliphatic hydroxyl groups excluding tert-OH is 2. The van der Waals surface area contributed by atoms with E-state index >= 15 is 0 Å². The van der Waals surface area contributed by atoms with E-state index in [0.717, 1.165) is 10.8 Å². The van der Waals surface area contributed by atoms with E-state index in [4.69, 9.17) is 19.7 Å². The van der Waals surface area contributed by atoms with Gasteiger partial charge in [0.25, 0.3) is 0 Å². The first-order valence-corrected chi connectivity index (χ1v) is 5.85. The van der Waals surface area contributed by atoms with Crippen LogP contribution in [0.4, 0.5) is 0 Å². The lowest BCUT2D eigenvalue weighted by Crippen LogP contribution is -2.04. The number of rotatable bonds is 6. The molecule has 2 N–H and O–H groups in total. The van der Waals surface area contributed by atoms with Gasteiger partial charge in [0.15, 0.2) is 0 Å². The minimum atomic E-state index is -0.0317. The van der Waals surface area contributed by atoms with Crippen molar-refractivity contribution >= 4 is 10.8 Å². The molecule has 2 aromatic carbocycles. The molecule has 0 radical (unpaired) electrons. The number of benzene rings is 2. The fraction of sp³-hybridized carbons (Fsp3) is 0.286. The van der Waals surface area contributed by atoms with Gasteiger partial charge in [0, 0.05) is 11.5 Å². The van der Waals surface area contributed by atoms with Crippen LogP contribution in [0.2, 0.25) is 0 Å². The summed E-state index contributed by atoms with van der Waals surface area (Å²) in [6, 6.07) is 11.5. The van der Waals surface area contributed by atoms with E-state index in [9.17, 15) is 0 Å². The summed E-state index contributed by atoms with van der Waals surface area (Å²) in [5.41, 5.74) is 0. The van der Waals surface area contributed by atoms with Crippen LogP contribution in [0, 0.1) is 0 Å². The highest BCUT2D eigenvalue weighted by atomic mass is 16.5. The Morgan fingerprint density at radius 2 is 1.61 bits per heavy atom. The first-order chi connectivity index (χ1) is 8.85. The van der Waals surface area contributed by atoms with Crippen molar-refractivity contribution < 1.29 is 19.7 Å². The molecule has 18 heavy (non-hydrogen) atoms. The Hall–Kier alpha value is -1.78. The Morgan fingerprint density at radius 1 is 0.889 bits per heavy atom. The van der Waals surface area contributed by atoms with Gasteiger partial charge in [-0.1, -0.05) is 24.3 Å². The molecular weight excluding hydrogens is 232 g/mol. The predicted molar refractivity (Wildman–Crippen MR) is 69.1 cm³/mol. The fourth-order valence-electron chi connectivity index (χ4n) is 1.77. The lowest BCUT2D eigenvalue weighted by molar-refractivity contribution is 0.196. The normalized spacial score (nSPS) is 10.6. The van der Waals surface area contributed by atoms with Crippen LogP contribution in [0.15, 0.2) is 36.4 Å². The molecule has 0 aliphatic carbocycles. The fourth-order valence-corrected chi connectivity index (χ4v) is 1.77. The van der Waals surface area contributed by atoms with Crippen LogP contribution in [0.25, 0.3) is 10.8 Å². The Balaban J connectivity index is 2.36. The Bertz CT molecular complexity index is 510. The summed E-state index contributed by atoms with van der Waals surface area (Å²) in [6.45, 7) is 0.431. The van der Waals surface area contributed by atoms with E-state index in [-0.39, 0.29) is 26.4 Å². The van der Waals surface area contributed by atoms with Crippen molar-refractivity contribution in [1.29, 1.82) is 0 Å². The van der Waals surface area contributed by atoms with E-state index in [1.165, 1.54) is 0 Å². The topological polar surface area (TPSA) is 58.9 Å². The van der Waals surface area contributed by atoms with Crippen molar-refractivity contribution in [1.82, 2.24) is 0 Å². The highest BCUT2D eigenvalue weighted by molar-refractivity contribution is 5.89. The summed E-state index contributed by atoms with van der Waals surface area (Å²) >= 11 is 0. The SMILES string of the molecule is OCCOc1cc(OCCO)c2ccccc2c1. The van der Waals surface area contributed by atoms with Crippen LogP contribution < -0.4 is 9.47 Å². The van der Waals surface area contributed by atoms with E-state index in [1.807, 2.05) is 30.3 Å². The van der Waals surface area contributed by atoms with Crippen LogP contribution in [-0.4, -0.2) is 36.6 Å². The maximum atomic E-state index is 8.82. The molecule has 0 saturated heterocycles. The lowest BCUT2D eigenvalue weighted by Gasteiger charge is -2.11. The van der Waals surface area contributed by atoms with Crippen molar-refractivity contribution in [3.8, 4) is 11.5 Å². The van der Waals surface area contributed by atoms with Crippen molar-refractivity contribution in [3.05, 3.63) is 36.4 Å². The monoisotopic (exact) mass is 248 g/mol. The minimum absolute atomic E-state index is 0.0281. The summed E-state index contributed by atoms with van der Waals surface area (Å²) in [4.78, 5) is 0. The van der Waals surface area contributed by atoms with Crippen molar-refractivity contribution in [2.45, 2.75) is 0 Å². The molecule has 0 fully saturated rings. The van der Waals surface area contributed by atoms with Crippen molar-refractivity contribution in [2.24, 2.45) is 0 Å². The summed E-state index contributed by atoms with van der Waals surface area (Å²) in [5, 5.41) is 19.6. The molecule has 4 nitrogen and oxygen atoms in total. The molecule has 0 aliphatic rings. The van der Waals surface area contributed by atoms with Gasteiger partial charge in [-0.2, -0.15) is 0 Å². The summed E-state index contributed by atoms with van der Waals surface area (Å²) in [6.07, 6.45) is 0. The van der Waals surface area contributed by atoms with Gasteiger partial charge in [-0.05, 0) is 11.5 Å². The van der Waals surface area contributed by atoms with Crippen molar-refractivity contribution in [2.75, 3.05) is 26.4 Å². The standard InChI is InChI=1S/C14H16O4/c15-5-7-17-12-9-11-3-1-2-4-13(11)14(10-12)18-8-6-16/h1-4,9-10,15-16H,5-8H2. The smallest absolute Gasteiger partial charge is 0.130 e. The van der Waals surface area contributed by atoms with Crippen LogP contribution in [0.5, 0.6) is 11.5 Å². The van der Waals surface area contributed by atoms with Gasteiger partial charge in [0.1, 0.15) is 24.7 Å². The van der Waals surface area contributed by atoms with Gasteiger partial charge in [-0.25, -0.2) is 0 Å². The van der Waals surface area contributed by atoms with Gasteiger partial charge >= 0.3 is 0 Å². The van der Waals surface area contributed by atoms with Gasteiger partial charge in [0.2, 0.25) is 0 Å². The minimum Gasteiger partial charge on any atom is -0.491 e. The molecule has 0 saturated carbocycles. The van der Waals surface area contributed by atoms with Crippen molar-refractivity contribution in [3.63, 3.8) is 0 Å². The molecule has 2 rings (SSSR count). The molecule has 0 aliphatic heterocycles. The number of ether oxygens (including phenoxy) is 2. The number of hydrogen-bond donors (Lipinski definition) is 2. The molecule has 0 aromatic heterocycles. The van der Waals surface area contributed by atoms with Crippen LogP contribution in [0.3, 0.4) is 0 Å². The molecule has 0 atom stereocenters. The average molecular weight is 248 g/mol. The molecule has 0 bridgehead atoms. The highest BCUT2D eigenvalue weighted by Crippen LogP contribution is 2.31. The summed E-state index contributed by atoms with van der Waals surface area (Å²) in [7, 11) is 0. The third-order valence-corrected chi connectivity index (χ3v) is 2.51. The molecule has 0 amide bonds. The van der Waals surface area contributed by atoms with Crippen LogP contribution in [-0.2, 0) is 0 Å². The molecule has 2 aromatic rings. The number of aliphatic hydroxyl groups is 2. The van der Waals surface area contributed by atoms with E-state index in [1.54, 1.807) is 6.07 Å². The predicted octanol–water partition coefficient (Wildman–Crippen LogP) is 1.58. The quantitative estimate of drug-likeness (QED) is 0.815. The number of fused-ring (bicyclic) bond motifs is 1. The zero-order chi connectivity index (χ0) is 12.8. The maximum absolute atomic E-state index is 8.82.